The second-order valence-electron chi connectivity index (χ2n) is 3.18. The molecule has 1 rings (SSSR count). The molecule has 0 radical (unpaired) electrons. The Morgan fingerprint density at radius 2 is 2.00 bits per heavy atom. The maximum absolute atomic E-state index is 11.7. The fourth-order valence-electron chi connectivity index (χ4n) is 0.950. The molecule has 0 aliphatic carbocycles. The van der Waals surface area contributed by atoms with Crippen molar-refractivity contribution in [3.8, 4) is 0 Å². The van der Waals surface area contributed by atoms with Gasteiger partial charge >= 0.3 is 0 Å². The van der Waals surface area contributed by atoms with Crippen molar-refractivity contribution in [3.63, 3.8) is 0 Å². The predicted molar refractivity (Wildman–Crippen MR) is 55.8 cm³/mol. The lowest BCUT2D eigenvalue weighted by molar-refractivity contribution is 0.587. The standard InChI is InChI=1S/C8H13NO2S2/c1-5(2)13(10,11)7-4-12-8(9)6(7)3/h4-5H,9H2,1-3H3. The summed E-state index contributed by atoms with van der Waals surface area (Å²) in [5, 5.41) is 1.81. The summed E-state index contributed by atoms with van der Waals surface area (Å²) in [6.07, 6.45) is 0. The van der Waals surface area contributed by atoms with Gasteiger partial charge in [0.1, 0.15) is 0 Å². The third-order valence-corrected chi connectivity index (χ3v) is 5.30. The van der Waals surface area contributed by atoms with E-state index in [0.29, 0.717) is 15.5 Å². The molecule has 1 aromatic heterocycles. The first-order valence-corrected chi connectivity index (χ1v) is 6.37. The Kier molecular flexibility index (Phi) is 2.68. The first-order valence-electron chi connectivity index (χ1n) is 3.95. The zero-order valence-corrected chi connectivity index (χ0v) is 9.50. The van der Waals surface area contributed by atoms with Crippen LogP contribution in [0.2, 0.25) is 0 Å². The molecule has 0 atom stereocenters. The van der Waals surface area contributed by atoms with Crippen LogP contribution in [0.4, 0.5) is 5.00 Å². The van der Waals surface area contributed by atoms with Gasteiger partial charge in [-0.15, -0.1) is 11.3 Å². The van der Waals surface area contributed by atoms with Crippen LogP contribution in [0.5, 0.6) is 0 Å². The molecule has 0 saturated carbocycles. The molecule has 1 heterocycles. The van der Waals surface area contributed by atoms with Crippen LogP contribution in [-0.4, -0.2) is 13.7 Å². The molecule has 0 bridgehead atoms. The van der Waals surface area contributed by atoms with Crippen LogP contribution >= 0.6 is 11.3 Å². The van der Waals surface area contributed by atoms with Crippen LogP contribution in [0.25, 0.3) is 0 Å². The Labute approximate surface area is 82.5 Å². The highest BCUT2D eigenvalue weighted by Crippen LogP contribution is 2.29. The summed E-state index contributed by atoms with van der Waals surface area (Å²) in [6, 6.07) is 0. The number of anilines is 1. The quantitative estimate of drug-likeness (QED) is 0.825. The Hall–Kier alpha value is -0.550. The fraction of sp³-hybridized carbons (Fsp3) is 0.500. The lowest BCUT2D eigenvalue weighted by Gasteiger charge is -2.06. The van der Waals surface area contributed by atoms with Crippen molar-refractivity contribution in [2.75, 3.05) is 5.73 Å². The van der Waals surface area contributed by atoms with Crippen molar-refractivity contribution in [1.29, 1.82) is 0 Å². The molecule has 74 valence electrons. The SMILES string of the molecule is Cc1c(S(=O)(=O)C(C)C)csc1N. The molecule has 5 heteroatoms. The van der Waals surface area contributed by atoms with Gasteiger partial charge in [-0.25, -0.2) is 8.42 Å². The topological polar surface area (TPSA) is 60.2 Å². The van der Waals surface area contributed by atoms with E-state index < -0.39 is 9.84 Å². The van der Waals surface area contributed by atoms with Gasteiger partial charge in [0, 0.05) is 10.9 Å². The molecule has 1 aromatic rings. The molecule has 3 nitrogen and oxygen atoms in total. The average molecular weight is 219 g/mol. The van der Waals surface area contributed by atoms with Crippen LogP contribution in [-0.2, 0) is 9.84 Å². The van der Waals surface area contributed by atoms with Gasteiger partial charge < -0.3 is 5.73 Å². The van der Waals surface area contributed by atoms with Crippen molar-refractivity contribution in [1.82, 2.24) is 0 Å². The third-order valence-electron chi connectivity index (χ3n) is 1.96. The smallest absolute Gasteiger partial charge is 0.181 e. The molecule has 0 unspecified atom stereocenters. The number of nitrogen functional groups attached to an aromatic ring is 1. The van der Waals surface area contributed by atoms with Crippen molar-refractivity contribution < 1.29 is 8.42 Å². The van der Waals surface area contributed by atoms with E-state index in [2.05, 4.69) is 0 Å². The summed E-state index contributed by atoms with van der Waals surface area (Å²) in [5.41, 5.74) is 6.27. The number of nitrogens with two attached hydrogens (primary N) is 1. The molecule has 0 saturated heterocycles. The average Bonchev–Trinajstić information content (AvgIpc) is 2.33. The van der Waals surface area contributed by atoms with E-state index in [9.17, 15) is 8.42 Å². The van der Waals surface area contributed by atoms with Gasteiger partial charge in [0.05, 0.1) is 15.1 Å². The molecule has 0 aliphatic rings. The summed E-state index contributed by atoms with van der Waals surface area (Å²) in [5.74, 6) is 0. The summed E-state index contributed by atoms with van der Waals surface area (Å²) in [4.78, 5) is 0.380. The number of rotatable bonds is 2. The monoisotopic (exact) mass is 219 g/mol. The Bertz CT molecular complexity index is 404. The number of hydrogen-bond donors (Lipinski definition) is 1. The van der Waals surface area contributed by atoms with Crippen LogP contribution in [0.15, 0.2) is 10.3 Å². The molecule has 0 spiro atoms. The van der Waals surface area contributed by atoms with Crippen LogP contribution < -0.4 is 5.73 Å². The maximum Gasteiger partial charge on any atom is 0.181 e. The van der Waals surface area contributed by atoms with E-state index in [1.807, 2.05) is 0 Å². The second kappa shape index (κ2) is 3.31. The van der Waals surface area contributed by atoms with Gasteiger partial charge in [-0.1, -0.05) is 0 Å². The van der Waals surface area contributed by atoms with Gasteiger partial charge in [0.15, 0.2) is 9.84 Å². The van der Waals surface area contributed by atoms with Gasteiger partial charge in [-0.2, -0.15) is 0 Å². The highest BCUT2D eigenvalue weighted by Gasteiger charge is 2.23. The van der Waals surface area contributed by atoms with Crippen LogP contribution in [0.3, 0.4) is 0 Å². The summed E-state index contributed by atoms with van der Waals surface area (Å²) < 4.78 is 23.4. The van der Waals surface area contributed by atoms with Crippen molar-refractivity contribution in [2.24, 2.45) is 0 Å². The molecule has 2 N–H and O–H groups in total. The molecule has 0 aliphatic heterocycles. The van der Waals surface area contributed by atoms with E-state index in [1.54, 1.807) is 26.2 Å². The molecule has 13 heavy (non-hydrogen) atoms. The minimum Gasteiger partial charge on any atom is -0.390 e. The third kappa shape index (κ3) is 1.71. The molecule has 0 aromatic carbocycles. The maximum atomic E-state index is 11.7. The minimum absolute atomic E-state index is 0.380. The highest BCUT2D eigenvalue weighted by molar-refractivity contribution is 7.92. The number of sulfone groups is 1. The van der Waals surface area contributed by atoms with Gasteiger partial charge in [0.25, 0.3) is 0 Å². The summed E-state index contributed by atoms with van der Waals surface area (Å²) >= 11 is 1.27. The Morgan fingerprint density at radius 1 is 1.46 bits per heavy atom. The van der Waals surface area contributed by atoms with E-state index >= 15 is 0 Å². The predicted octanol–water partition coefficient (Wildman–Crippen LogP) is 1.82. The van der Waals surface area contributed by atoms with Crippen LogP contribution in [0.1, 0.15) is 19.4 Å². The molecular weight excluding hydrogens is 206 g/mol. The zero-order valence-electron chi connectivity index (χ0n) is 7.87. The lowest BCUT2D eigenvalue weighted by Crippen LogP contribution is -2.14. The Morgan fingerprint density at radius 3 is 2.31 bits per heavy atom. The van der Waals surface area contributed by atoms with E-state index in [0.717, 1.165) is 0 Å². The summed E-state index contributed by atoms with van der Waals surface area (Å²) in [7, 11) is -3.16. The van der Waals surface area contributed by atoms with E-state index in [4.69, 9.17) is 5.73 Å². The highest BCUT2D eigenvalue weighted by atomic mass is 32.2. The van der Waals surface area contributed by atoms with Gasteiger partial charge in [0.2, 0.25) is 0 Å². The largest absolute Gasteiger partial charge is 0.390 e. The van der Waals surface area contributed by atoms with Gasteiger partial charge in [-0.3, -0.25) is 0 Å². The zero-order chi connectivity index (χ0) is 10.2. The second-order valence-corrected chi connectivity index (χ2v) is 6.57. The summed E-state index contributed by atoms with van der Waals surface area (Å²) in [6.45, 7) is 5.08. The minimum atomic E-state index is -3.16. The lowest BCUT2D eigenvalue weighted by atomic mass is 10.4. The molecule has 0 fully saturated rings. The molecular formula is C8H13NO2S2. The Balaban J connectivity index is 3.32. The van der Waals surface area contributed by atoms with E-state index in [-0.39, 0.29) is 5.25 Å². The van der Waals surface area contributed by atoms with Gasteiger partial charge in [-0.05, 0) is 20.8 Å². The van der Waals surface area contributed by atoms with Crippen molar-refractivity contribution in [3.05, 3.63) is 10.9 Å². The first kappa shape index (κ1) is 10.5. The van der Waals surface area contributed by atoms with E-state index in [1.165, 1.54) is 11.3 Å². The number of thiophene rings is 1. The number of hydrogen-bond acceptors (Lipinski definition) is 4. The van der Waals surface area contributed by atoms with Crippen molar-refractivity contribution >= 4 is 26.2 Å². The normalized spacial score (nSPS) is 12.3. The van der Waals surface area contributed by atoms with Crippen molar-refractivity contribution in [2.45, 2.75) is 30.9 Å². The molecule has 0 amide bonds. The fourth-order valence-corrected chi connectivity index (χ4v) is 3.44. The van der Waals surface area contributed by atoms with Crippen LogP contribution in [0, 0.1) is 6.92 Å². The first-order chi connectivity index (χ1) is 5.87.